The summed E-state index contributed by atoms with van der Waals surface area (Å²) in [7, 11) is 0. The molecule has 0 saturated carbocycles. The van der Waals surface area contributed by atoms with Crippen LogP contribution >= 0.6 is 0 Å². The summed E-state index contributed by atoms with van der Waals surface area (Å²) < 4.78 is 38.3. The molecular formula is C24H25F3N4O3. The number of rotatable bonds is 6. The Morgan fingerprint density at radius 1 is 0.912 bits per heavy atom. The fourth-order valence-corrected chi connectivity index (χ4v) is 3.69. The third kappa shape index (κ3) is 6.15. The molecule has 10 heteroatoms. The van der Waals surface area contributed by atoms with Crippen LogP contribution in [-0.2, 0) is 27.0 Å². The van der Waals surface area contributed by atoms with E-state index in [1.165, 1.54) is 12.1 Å². The van der Waals surface area contributed by atoms with Crippen molar-refractivity contribution in [3.05, 3.63) is 64.3 Å². The molecule has 2 aromatic carbocycles. The number of fused-ring (bicyclic) bond motifs is 1. The Kier molecular flexibility index (Phi) is 7.29. The molecule has 3 amide bonds. The molecule has 34 heavy (non-hydrogen) atoms. The first-order valence-electron chi connectivity index (χ1n) is 10.6. The van der Waals surface area contributed by atoms with Crippen molar-refractivity contribution < 1.29 is 27.6 Å². The number of nitrogens with one attached hydrogen (secondary N) is 4. The van der Waals surface area contributed by atoms with Gasteiger partial charge in [-0.15, -0.1) is 0 Å². The van der Waals surface area contributed by atoms with Crippen LogP contribution in [0.1, 0.15) is 40.8 Å². The second kappa shape index (κ2) is 9.98. The first-order chi connectivity index (χ1) is 15.9. The summed E-state index contributed by atoms with van der Waals surface area (Å²) in [6, 6.07) is 8.25. The van der Waals surface area contributed by atoms with Gasteiger partial charge in [-0.3, -0.25) is 25.2 Å². The fraction of sp³-hybridized carbons (Fsp3) is 0.292. The molecule has 0 unspecified atom stereocenters. The topological polar surface area (TPSA) is 103 Å². The van der Waals surface area contributed by atoms with Crippen LogP contribution in [0.3, 0.4) is 0 Å². The molecule has 0 radical (unpaired) electrons. The average molecular weight is 474 g/mol. The van der Waals surface area contributed by atoms with E-state index >= 15 is 0 Å². The summed E-state index contributed by atoms with van der Waals surface area (Å²) in [6.07, 6.45) is -5.00. The van der Waals surface area contributed by atoms with Crippen molar-refractivity contribution in [1.82, 2.24) is 15.8 Å². The third-order valence-corrected chi connectivity index (χ3v) is 5.30. The van der Waals surface area contributed by atoms with E-state index in [0.29, 0.717) is 0 Å². The minimum absolute atomic E-state index is 0.0203. The Hall–Kier alpha value is -3.82. The van der Waals surface area contributed by atoms with Crippen LogP contribution in [0.25, 0.3) is 10.9 Å². The molecule has 0 atom stereocenters. The Labute approximate surface area is 194 Å². The molecule has 7 nitrogen and oxygen atoms in total. The highest BCUT2D eigenvalue weighted by atomic mass is 19.4. The predicted octanol–water partition coefficient (Wildman–Crippen LogP) is 4.22. The Morgan fingerprint density at radius 3 is 2.29 bits per heavy atom. The van der Waals surface area contributed by atoms with Gasteiger partial charge < -0.3 is 10.3 Å². The molecule has 0 aliphatic rings. The van der Waals surface area contributed by atoms with Gasteiger partial charge in [0, 0.05) is 35.1 Å². The Bertz CT molecular complexity index is 1250. The van der Waals surface area contributed by atoms with Crippen LogP contribution in [0.4, 0.5) is 18.9 Å². The van der Waals surface area contributed by atoms with Crippen LogP contribution in [-0.4, -0.2) is 22.7 Å². The van der Waals surface area contributed by atoms with Gasteiger partial charge in [0.2, 0.25) is 17.7 Å². The number of benzene rings is 2. The van der Waals surface area contributed by atoms with E-state index in [2.05, 4.69) is 21.2 Å². The van der Waals surface area contributed by atoms with E-state index in [4.69, 9.17) is 0 Å². The lowest BCUT2D eigenvalue weighted by molar-refractivity contribution is -0.137. The van der Waals surface area contributed by atoms with Gasteiger partial charge >= 0.3 is 6.18 Å². The number of aromatic amines is 1. The van der Waals surface area contributed by atoms with Crippen LogP contribution in [0.2, 0.25) is 0 Å². The highest BCUT2D eigenvalue weighted by molar-refractivity contribution is 5.94. The normalized spacial score (nSPS) is 11.4. The van der Waals surface area contributed by atoms with Gasteiger partial charge in [0.25, 0.3) is 0 Å². The fourth-order valence-electron chi connectivity index (χ4n) is 3.69. The van der Waals surface area contributed by atoms with Crippen LogP contribution in [0.15, 0.2) is 36.4 Å². The molecule has 3 rings (SSSR count). The maximum atomic E-state index is 12.8. The number of hydrogen-bond acceptors (Lipinski definition) is 3. The lowest BCUT2D eigenvalue weighted by Gasteiger charge is -2.10. The summed E-state index contributed by atoms with van der Waals surface area (Å²) in [4.78, 5) is 39.6. The number of H-pyrrole nitrogens is 1. The van der Waals surface area contributed by atoms with Gasteiger partial charge in [0.1, 0.15) is 0 Å². The molecule has 1 aromatic heterocycles. The number of aromatic nitrogens is 1. The van der Waals surface area contributed by atoms with Gasteiger partial charge in [0.05, 0.1) is 12.0 Å². The van der Waals surface area contributed by atoms with Gasteiger partial charge in [0.15, 0.2) is 0 Å². The molecule has 0 saturated heterocycles. The van der Waals surface area contributed by atoms with E-state index in [0.717, 1.165) is 45.4 Å². The van der Waals surface area contributed by atoms with E-state index in [-0.39, 0.29) is 24.9 Å². The quantitative estimate of drug-likeness (QED) is 0.402. The molecule has 3 aromatic rings. The number of alkyl halides is 3. The van der Waals surface area contributed by atoms with E-state index in [1.807, 2.05) is 32.9 Å². The number of carbonyl (C=O) groups is 3. The zero-order chi connectivity index (χ0) is 25.0. The number of carbonyl (C=O) groups excluding carboxylic acids is 3. The third-order valence-electron chi connectivity index (χ3n) is 5.30. The summed E-state index contributed by atoms with van der Waals surface area (Å²) in [5.74, 6) is -1.65. The first-order valence-corrected chi connectivity index (χ1v) is 10.6. The highest BCUT2D eigenvalue weighted by Crippen LogP contribution is 2.30. The zero-order valence-electron chi connectivity index (χ0n) is 18.9. The SMILES string of the molecule is Cc1cc(C)c2[nH]c(C)c(CC(=O)NNC(=O)CCC(=O)Nc3cccc(C(F)(F)F)c3)c2c1. The molecule has 0 fully saturated rings. The van der Waals surface area contributed by atoms with E-state index in [1.54, 1.807) is 0 Å². The van der Waals surface area contributed by atoms with Crippen molar-refractivity contribution in [2.24, 2.45) is 0 Å². The number of hydrazine groups is 1. The average Bonchev–Trinajstić information content (AvgIpc) is 3.06. The number of halogens is 3. The monoisotopic (exact) mass is 474 g/mol. The summed E-state index contributed by atoms with van der Waals surface area (Å²) in [5.41, 5.74) is 8.47. The molecule has 0 spiro atoms. The van der Waals surface area contributed by atoms with Gasteiger partial charge in [-0.2, -0.15) is 13.2 Å². The van der Waals surface area contributed by atoms with Gasteiger partial charge in [-0.05, 0) is 56.2 Å². The van der Waals surface area contributed by atoms with Gasteiger partial charge in [-0.25, -0.2) is 0 Å². The maximum Gasteiger partial charge on any atom is 0.416 e. The molecule has 0 bridgehead atoms. The van der Waals surface area contributed by atoms with Crippen molar-refractivity contribution in [2.75, 3.05) is 5.32 Å². The van der Waals surface area contributed by atoms with Crippen molar-refractivity contribution in [3.8, 4) is 0 Å². The van der Waals surface area contributed by atoms with Crippen LogP contribution < -0.4 is 16.2 Å². The van der Waals surface area contributed by atoms with Crippen molar-refractivity contribution in [1.29, 1.82) is 0 Å². The summed E-state index contributed by atoms with van der Waals surface area (Å²) >= 11 is 0. The van der Waals surface area contributed by atoms with Crippen molar-refractivity contribution >= 4 is 34.3 Å². The second-order valence-electron chi connectivity index (χ2n) is 8.13. The second-order valence-corrected chi connectivity index (χ2v) is 8.13. The lowest BCUT2D eigenvalue weighted by atomic mass is 10.0. The largest absolute Gasteiger partial charge is 0.416 e. The first kappa shape index (κ1) is 24.8. The maximum absolute atomic E-state index is 12.8. The molecule has 180 valence electrons. The smallest absolute Gasteiger partial charge is 0.358 e. The molecule has 0 aliphatic carbocycles. The Morgan fingerprint density at radius 2 is 1.59 bits per heavy atom. The minimum Gasteiger partial charge on any atom is -0.358 e. The summed E-state index contributed by atoms with van der Waals surface area (Å²) in [6.45, 7) is 5.83. The zero-order valence-corrected chi connectivity index (χ0v) is 18.9. The number of hydrogen-bond donors (Lipinski definition) is 4. The van der Waals surface area contributed by atoms with Crippen molar-refractivity contribution in [2.45, 2.75) is 46.2 Å². The van der Waals surface area contributed by atoms with E-state index < -0.39 is 29.5 Å². The molecule has 4 N–H and O–H groups in total. The highest BCUT2D eigenvalue weighted by Gasteiger charge is 2.30. The van der Waals surface area contributed by atoms with Crippen LogP contribution in [0.5, 0.6) is 0 Å². The number of anilines is 1. The van der Waals surface area contributed by atoms with Crippen LogP contribution in [0, 0.1) is 20.8 Å². The standard InChI is InChI=1S/C24H25F3N4O3/c1-13-9-14(2)23-19(10-13)18(15(3)28-23)12-22(34)31-30-21(33)8-7-20(32)29-17-6-4-5-16(11-17)24(25,26)27/h4-6,9-11,28H,7-8,12H2,1-3H3,(H,29,32)(H,30,33)(H,31,34). The Balaban J connectivity index is 1.48. The predicted molar refractivity (Wildman–Crippen MR) is 122 cm³/mol. The number of aryl methyl sites for hydroxylation is 3. The van der Waals surface area contributed by atoms with Crippen molar-refractivity contribution in [3.63, 3.8) is 0 Å². The van der Waals surface area contributed by atoms with Gasteiger partial charge in [-0.1, -0.05) is 17.7 Å². The molecule has 1 heterocycles. The lowest BCUT2D eigenvalue weighted by Crippen LogP contribution is -2.42. The number of amides is 3. The molecular weight excluding hydrogens is 449 g/mol. The summed E-state index contributed by atoms with van der Waals surface area (Å²) in [5, 5.41) is 3.27. The molecule has 0 aliphatic heterocycles. The minimum atomic E-state index is -4.53. The van der Waals surface area contributed by atoms with E-state index in [9.17, 15) is 27.6 Å².